The van der Waals surface area contributed by atoms with Gasteiger partial charge in [0.15, 0.2) is 5.58 Å². The van der Waals surface area contributed by atoms with Gasteiger partial charge in [-0.3, -0.25) is 5.32 Å². The maximum atomic E-state index is 6.32. The van der Waals surface area contributed by atoms with E-state index in [2.05, 4.69) is 20.4 Å². The van der Waals surface area contributed by atoms with Gasteiger partial charge in [0.1, 0.15) is 5.52 Å². The van der Waals surface area contributed by atoms with Gasteiger partial charge in [0, 0.05) is 21.0 Å². The molecule has 27 heavy (non-hydrogen) atoms. The minimum Gasteiger partial charge on any atom is -0.423 e. The van der Waals surface area contributed by atoms with Gasteiger partial charge >= 0.3 is 6.01 Å². The number of nitrogens with zero attached hydrogens (tertiary/aromatic N) is 4. The standard InChI is InChI=1S/C17H8Cl3N5OS/c18-8-1-3-11(20)10(5-8)13-7-27-17-23-15(24-25(13)17)22-16-21-12-6-9(19)2-4-14(12)26-16/h1-7H,(H,21,22,24). The highest BCUT2D eigenvalue weighted by Gasteiger charge is 2.16. The Bertz CT molecular complexity index is 1310. The first-order valence-corrected chi connectivity index (χ1v) is 9.71. The summed E-state index contributed by atoms with van der Waals surface area (Å²) >= 11 is 19.8. The molecule has 0 saturated heterocycles. The van der Waals surface area contributed by atoms with Crippen LogP contribution in [0.2, 0.25) is 15.1 Å². The number of fused-ring (bicyclic) bond motifs is 2. The fourth-order valence-electron chi connectivity index (χ4n) is 2.66. The van der Waals surface area contributed by atoms with Crippen molar-refractivity contribution in [1.82, 2.24) is 19.6 Å². The van der Waals surface area contributed by atoms with Crippen molar-refractivity contribution in [1.29, 1.82) is 0 Å². The predicted molar refractivity (Wildman–Crippen MR) is 109 cm³/mol. The highest BCUT2D eigenvalue weighted by molar-refractivity contribution is 7.15. The summed E-state index contributed by atoms with van der Waals surface area (Å²) in [5.74, 6) is 0.360. The molecule has 0 amide bonds. The lowest BCUT2D eigenvalue weighted by Gasteiger charge is -2.02. The molecular weight excluding hydrogens is 429 g/mol. The second-order valence-corrected chi connectivity index (χ2v) is 7.75. The van der Waals surface area contributed by atoms with Gasteiger partial charge in [-0.15, -0.1) is 16.4 Å². The van der Waals surface area contributed by atoms with Gasteiger partial charge in [-0.2, -0.15) is 9.97 Å². The molecule has 5 aromatic rings. The fourth-order valence-corrected chi connectivity index (χ4v) is 4.04. The van der Waals surface area contributed by atoms with E-state index in [-0.39, 0.29) is 6.01 Å². The first-order valence-electron chi connectivity index (χ1n) is 7.70. The Kier molecular flexibility index (Phi) is 3.98. The number of benzene rings is 2. The van der Waals surface area contributed by atoms with Crippen LogP contribution in [0.1, 0.15) is 0 Å². The highest BCUT2D eigenvalue weighted by Crippen LogP contribution is 2.33. The number of thiazole rings is 1. The molecule has 0 aliphatic heterocycles. The van der Waals surface area contributed by atoms with Crippen molar-refractivity contribution in [3.8, 4) is 11.3 Å². The third kappa shape index (κ3) is 3.02. The molecule has 0 atom stereocenters. The molecule has 10 heteroatoms. The van der Waals surface area contributed by atoms with E-state index in [1.165, 1.54) is 11.3 Å². The summed E-state index contributed by atoms with van der Waals surface area (Å²) < 4.78 is 7.34. The summed E-state index contributed by atoms with van der Waals surface area (Å²) in [5.41, 5.74) is 2.85. The first-order chi connectivity index (χ1) is 13.1. The van der Waals surface area contributed by atoms with Gasteiger partial charge in [0.2, 0.25) is 4.96 Å². The SMILES string of the molecule is Clc1ccc(Cl)c(-c2csc3nc(Nc4nc5cc(Cl)ccc5o4)nn23)c1. The normalized spacial score (nSPS) is 11.5. The fraction of sp³-hybridized carbons (Fsp3) is 0. The molecule has 3 heterocycles. The van der Waals surface area contributed by atoms with Crippen LogP contribution in [-0.2, 0) is 0 Å². The van der Waals surface area contributed by atoms with Crippen LogP contribution >= 0.6 is 46.1 Å². The number of halogens is 3. The van der Waals surface area contributed by atoms with Crippen LogP contribution in [0.25, 0.3) is 27.3 Å². The lowest BCUT2D eigenvalue weighted by atomic mass is 10.2. The van der Waals surface area contributed by atoms with Crippen LogP contribution in [-0.4, -0.2) is 19.6 Å². The van der Waals surface area contributed by atoms with Gasteiger partial charge in [0.05, 0.1) is 10.7 Å². The van der Waals surface area contributed by atoms with Gasteiger partial charge in [-0.1, -0.05) is 34.8 Å². The van der Waals surface area contributed by atoms with E-state index in [9.17, 15) is 0 Å². The van der Waals surface area contributed by atoms with Crippen molar-refractivity contribution in [3.05, 3.63) is 56.8 Å². The molecule has 1 N–H and O–H groups in total. The van der Waals surface area contributed by atoms with Gasteiger partial charge in [-0.25, -0.2) is 4.52 Å². The average molecular weight is 437 g/mol. The van der Waals surface area contributed by atoms with Gasteiger partial charge in [0.25, 0.3) is 5.95 Å². The maximum absolute atomic E-state index is 6.32. The van der Waals surface area contributed by atoms with E-state index < -0.39 is 0 Å². The first kappa shape index (κ1) is 16.8. The van der Waals surface area contributed by atoms with E-state index in [1.54, 1.807) is 40.9 Å². The van der Waals surface area contributed by atoms with Crippen LogP contribution in [0.3, 0.4) is 0 Å². The van der Waals surface area contributed by atoms with Crippen molar-refractivity contribution < 1.29 is 4.42 Å². The summed E-state index contributed by atoms with van der Waals surface area (Å²) in [5, 5.41) is 11.2. The Morgan fingerprint density at radius 2 is 1.81 bits per heavy atom. The highest BCUT2D eigenvalue weighted by atomic mass is 35.5. The Hall–Kier alpha value is -2.32. The van der Waals surface area contributed by atoms with E-state index in [0.717, 1.165) is 11.3 Å². The second kappa shape index (κ2) is 6.38. The molecule has 0 fully saturated rings. The third-order valence-electron chi connectivity index (χ3n) is 3.85. The molecule has 0 spiro atoms. The Labute approximate surface area is 171 Å². The zero-order chi connectivity index (χ0) is 18.5. The van der Waals surface area contributed by atoms with E-state index >= 15 is 0 Å². The van der Waals surface area contributed by atoms with Crippen LogP contribution in [0, 0.1) is 0 Å². The molecule has 5 rings (SSSR count). The Balaban J connectivity index is 1.53. The van der Waals surface area contributed by atoms with E-state index in [1.807, 2.05) is 5.38 Å². The largest absolute Gasteiger partial charge is 0.423 e. The number of aromatic nitrogens is 4. The molecule has 3 aromatic heterocycles. The number of oxazole rings is 1. The predicted octanol–water partition coefficient (Wildman–Crippen LogP) is 6.30. The summed E-state index contributed by atoms with van der Waals surface area (Å²) in [6.07, 6.45) is 0. The molecule has 0 aliphatic rings. The molecule has 0 radical (unpaired) electrons. The van der Waals surface area contributed by atoms with Crippen molar-refractivity contribution in [3.63, 3.8) is 0 Å². The smallest absolute Gasteiger partial charge is 0.302 e. The lowest BCUT2D eigenvalue weighted by molar-refractivity contribution is 0.621. The molecule has 0 bridgehead atoms. The van der Waals surface area contributed by atoms with E-state index in [0.29, 0.717) is 37.1 Å². The maximum Gasteiger partial charge on any atom is 0.302 e. The molecule has 6 nitrogen and oxygen atoms in total. The molecular formula is C17H8Cl3N5OS. The minimum atomic E-state index is 0.285. The number of hydrogen-bond donors (Lipinski definition) is 1. The molecule has 0 unspecified atom stereocenters. The zero-order valence-corrected chi connectivity index (χ0v) is 16.4. The molecule has 0 aliphatic carbocycles. The number of nitrogens with one attached hydrogen (secondary N) is 1. The molecule has 134 valence electrons. The number of anilines is 2. The number of rotatable bonds is 3. The van der Waals surface area contributed by atoms with Crippen LogP contribution in [0.15, 0.2) is 46.2 Å². The quantitative estimate of drug-likeness (QED) is 0.359. The number of hydrogen-bond acceptors (Lipinski definition) is 6. The minimum absolute atomic E-state index is 0.285. The molecule has 2 aromatic carbocycles. The Morgan fingerprint density at radius 1 is 1.00 bits per heavy atom. The van der Waals surface area contributed by atoms with Crippen LogP contribution in [0.5, 0.6) is 0 Å². The van der Waals surface area contributed by atoms with Crippen molar-refractivity contribution >= 4 is 74.2 Å². The van der Waals surface area contributed by atoms with Gasteiger partial charge < -0.3 is 4.42 Å². The molecule has 0 saturated carbocycles. The second-order valence-electron chi connectivity index (χ2n) is 5.63. The Morgan fingerprint density at radius 3 is 2.70 bits per heavy atom. The summed E-state index contributed by atoms with van der Waals surface area (Å²) in [7, 11) is 0. The van der Waals surface area contributed by atoms with Crippen LogP contribution < -0.4 is 5.32 Å². The topological polar surface area (TPSA) is 68.2 Å². The summed E-state index contributed by atoms with van der Waals surface area (Å²) in [6, 6.07) is 10.8. The lowest BCUT2D eigenvalue weighted by Crippen LogP contribution is -1.94. The third-order valence-corrected chi connectivity index (χ3v) is 5.47. The summed E-state index contributed by atoms with van der Waals surface area (Å²) in [6.45, 7) is 0. The van der Waals surface area contributed by atoms with Crippen molar-refractivity contribution in [2.24, 2.45) is 0 Å². The zero-order valence-electron chi connectivity index (χ0n) is 13.3. The van der Waals surface area contributed by atoms with Crippen molar-refractivity contribution in [2.75, 3.05) is 5.32 Å². The van der Waals surface area contributed by atoms with Gasteiger partial charge in [-0.05, 0) is 36.4 Å². The monoisotopic (exact) mass is 435 g/mol. The average Bonchev–Trinajstić information content (AvgIpc) is 3.30. The van der Waals surface area contributed by atoms with E-state index in [4.69, 9.17) is 39.2 Å². The summed E-state index contributed by atoms with van der Waals surface area (Å²) in [4.78, 5) is 9.49. The van der Waals surface area contributed by atoms with Crippen molar-refractivity contribution in [2.45, 2.75) is 0 Å². The van der Waals surface area contributed by atoms with Crippen LogP contribution in [0.4, 0.5) is 12.0 Å².